The Hall–Kier alpha value is -0.900. The van der Waals surface area contributed by atoms with Gasteiger partial charge in [-0.05, 0) is 19.8 Å². The van der Waals surface area contributed by atoms with Crippen molar-refractivity contribution in [2.24, 2.45) is 0 Å². The monoisotopic (exact) mass is 152 g/mol. The molecule has 0 aromatic rings. The Morgan fingerprint density at radius 3 is 2.82 bits per heavy atom. The van der Waals surface area contributed by atoms with E-state index in [1.807, 2.05) is 6.92 Å². The molecule has 0 aliphatic heterocycles. The summed E-state index contributed by atoms with van der Waals surface area (Å²) in [5.74, 6) is 5.81. The van der Waals surface area contributed by atoms with E-state index in [4.69, 9.17) is 4.74 Å². The average Bonchev–Trinajstić information content (AvgIpc) is 2.01. The lowest BCUT2D eigenvalue weighted by Crippen LogP contribution is -2.05. The van der Waals surface area contributed by atoms with Crippen LogP contribution in [0.15, 0.2) is 12.8 Å². The van der Waals surface area contributed by atoms with Crippen LogP contribution in [-0.4, -0.2) is 6.10 Å². The molecular formula is C10H16O. The van der Waals surface area contributed by atoms with Crippen molar-refractivity contribution in [2.45, 2.75) is 39.2 Å². The van der Waals surface area contributed by atoms with Crippen molar-refractivity contribution >= 4 is 0 Å². The van der Waals surface area contributed by atoms with E-state index < -0.39 is 0 Å². The van der Waals surface area contributed by atoms with Crippen LogP contribution in [0.4, 0.5) is 0 Å². The van der Waals surface area contributed by atoms with Gasteiger partial charge >= 0.3 is 0 Å². The number of hydrogen-bond donors (Lipinski definition) is 0. The van der Waals surface area contributed by atoms with Crippen LogP contribution in [-0.2, 0) is 4.74 Å². The third-order valence-electron chi connectivity index (χ3n) is 1.39. The first kappa shape index (κ1) is 10.1. The summed E-state index contributed by atoms with van der Waals surface area (Å²) in [5, 5.41) is 0. The van der Waals surface area contributed by atoms with E-state index in [-0.39, 0.29) is 6.10 Å². The fourth-order valence-corrected chi connectivity index (χ4v) is 0.841. The highest BCUT2D eigenvalue weighted by Gasteiger charge is 2.00. The molecule has 0 aliphatic rings. The summed E-state index contributed by atoms with van der Waals surface area (Å²) in [6.45, 7) is 7.48. The molecule has 0 saturated carbocycles. The molecule has 0 spiro atoms. The number of rotatable bonds is 5. The summed E-state index contributed by atoms with van der Waals surface area (Å²) in [6, 6.07) is 0. The molecule has 1 heteroatoms. The largest absolute Gasteiger partial charge is 0.486 e. The molecule has 0 aromatic carbocycles. The fourth-order valence-electron chi connectivity index (χ4n) is 0.841. The molecule has 0 fully saturated rings. The molecule has 1 atom stereocenters. The zero-order chi connectivity index (χ0) is 8.53. The van der Waals surface area contributed by atoms with E-state index in [1.54, 1.807) is 0 Å². The van der Waals surface area contributed by atoms with E-state index in [0.29, 0.717) is 0 Å². The molecule has 0 bridgehead atoms. The summed E-state index contributed by atoms with van der Waals surface area (Å²) in [5.41, 5.74) is 0. The average molecular weight is 152 g/mol. The van der Waals surface area contributed by atoms with E-state index in [0.717, 1.165) is 12.8 Å². The van der Waals surface area contributed by atoms with E-state index in [1.165, 1.54) is 12.7 Å². The van der Waals surface area contributed by atoms with E-state index >= 15 is 0 Å². The van der Waals surface area contributed by atoms with Gasteiger partial charge in [0.05, 0.1) is 6.26 Å². The Morgan fingerprint density at radius 1 is 1.64 bits per heavy atom. The van der Waals surface area contributed by atoms with E-state index in [9.17, 15) is 0 Å². The van der Waals surface area contributed by atoms with Crippen molar-refractivity contribution in [2.75, 3.05) is 0 Å². The summed E-state index contributed by atoms with van der Waals surface area (Å²) in [6.07, 6.45) is 4.86. The smallest absolute Gasteiger partial charge is 0.158 e. The summed E-state index contributed by atoms with van der Waals surface area (Å²) >= 11 is 0. The van der Waals surface area contributed by atoms with Crippen LogP contribution < -0.4 is 0 Å². The lowest BCUT2D eigenvalue weighted by Gasteiger charge is -2.08. The highest BCUT2D eigenvalue weighted by molar-refractivity contribution is 5.02. The van der Waals surface area contributed by atoms with Crippen molar-refractivity contribution in [1.29, 1.82) is 0 Å². The summed E-state index contributed by atoms with van der Waals surface area (Å²) < 4.78 is 5.17. The minimum absolute atomic E-state index is 0.0532. The molecule has 0 rings (SSSR count). The first-order valence-corrected chi connectivity index (χ1v) is 4.03. The first-order chi connectivity index (χ1) is 5.35. The van der Waals surface area contributed by atoms with Gasteiger partial charge in [0.25, 0.3) is 0 Å². The predicted octanol–water partition coefficient (Wildman–Crippen LogP) is 2.73. The third kappa shape index (κ3) is 5.54. The Kier molecular flexibility index (Phi) is 6.62. The predicted molar refractivity (Wildman–Crippen MR) is 48.0 cm³/mol. The highest BCUT2D eigenvalue weighted by atomic mass is 16.5. The second-order valence-corrected chi connectivity index (χ2v) is 2.33. The van der Waals surface area contributed by atoms with Gasteiger partial charge in [-0.15, -0.1) is 5.92 Å². The maximum Gasteiger partial charge on any atom is 0.158 e. The molecule has 0 aromatic heterocycles. The topological polar surface area (TPSA) is 9.23 Å². The Balaban J connectivity index is 3.65. The lowest BCUT2D eigenvalue weighted by atomic mass is 10.2. The Morgan fingerprint density at radius 2 is 2.36 bits per heavy atom. The molecule has 0 aliphatic carbocycles. The summed E-state index contributed by atoms with van der Waals surface area (Å²) in [4.78, 5) is 0. The number of unbranched alkanes of at least 4 members (excludes halogenated alkanes) is 1. The van der Waals surface area contributed by atoms with Gasteiger partial charge in [-0.2, -0.15) is 0 Å². The molecular weight excluding hydrogens is 136 g/mol. The molecule has 0 saturated heterocycles. The van der Waals surface area contributed by atoms with Crippen LogP contribution in [0.3, 0.4) is 0 Å². The van der Waals surface area contributed by atoms with Crippen molar-refractivity contribution in [3.63, 3.8) is 0 Å². The van der Waals surface area contributed by atoms with Crippen LogP contribution >= 0.6 is 0 Å². The molecule has 0 N–H and O–H groups in total. The molecule has 11 heavy (non-hydrogen) atoms. The first-order valence-electron chi connectivity index (χ1n) is 4.03. The van der Waals surface area contributed by atoms with Crippen LogP contribution in [0.2, 0.25) is 0 Å². The van der Waals surface area contributed by atoms with Crippen molar-refractivity contribution < 1.29 is 4.74 Å². The van der Waals surface area contributed by atoms with Gasteiger partial charge < -0.3 is 4.74 Å². The van der Waals surface area contributed by atoms with Crippen LogP contribution in [0, 0.1) is 11.8 Å². The zero-order valence-corrected chi connectivity index (χ0v) is 7.39. The van der Waals surface area contributed by atoms with Gasteiger partial charge in [-0.25, -0.2) is 0 Å². The van der Waals surface area contributed by atoms with Crippen LogP contribution in [0.25, 0.3) is 0 Å². The number of hydrogen-bond acceptors (Lipinski definition) is 1. The Labute approximate surface area is 69.4 Å². The second-order valence-electron chi connectivity index (χ2n) is 2.33. The molecule has 1 unspecified atom stereocenters. The standard InChI is InChI=1S/C10H16O/c1-4-7-9-10(8-5-2)11-6-3/h6,10H,3-4,7,9H2,1-2H3. The zero-order valence-electron chi connectivity index (χ0n) is 7.39. The molecule has 0 heterocycles. The third-order valence-corrected chi connectivity index (χ3v) is 1.39. The van der Waals surface area contributed by atoms with Gasteiger partial charge in [0.15, 0.2) is 6.10 Å². The highest BCUT2D eigenvalue weighted by Crippen LogP contribution is 2.03. The molecule has 62 valence electrons. The van der Waals surface area contributed by atoms with Crippen molar-refractivity contribution in [3.8, 4) is 11.8 Å². The van der Waals surface area contributed by atoms with Crippen LogP contribution in [0.5, 0.6) is 0 Å². The molecule has 1 nitrogen and oxygen atoms in total. The van der Waals surface area contributed by atoms with Crippen molar-refractivity contribution in [3.05, 3.63) is 12.8 Å². The van der Waals surface area contributed by atoms with Gasteiger partial charge in [-0.3, -0.25) is 0 Å². The SMILES string of the molecule is C=COC(C#CC)CCCC. The quantitative estimate of drug-likeness (QED) is 0.435. The van der Waals surface area contributed by atoms with Gasteiger partial charge in [0, 0.05) is 0 Å². The number of ether oxygens (including phenoxy) is 1. The normalized spacial score (nSPS) is 11.1. The fraction of sp³-hybridized carbons (Fsp3) is 0.600. The van der Waals surface area contributed by atoms with Gasteiger partial charge in [-0.1, -0.05) is 25.8 Å². The summed E-state index contributed by atoms with van der Waals surface area (Å²) in [7, 11) is 0. The van der Waals surface area contributed by atoms with Crippen LogP contribution in [0.1, 0.15) is 33.1 Å². The van der Waals surface area contributed by atoms with Crippen molar-refractivity contribution in [1.82, 2.24) is 0 Å². The van der Waals surface area contributed by atoms with Gasteiger partial charge in [0.1, 0.15) is 0 Å². The Bertz CT molecular complexity index is 150. The minimum atomic E-state index is 0.0532. The second kappa shape index (κ2) is 7.21. The lowest BCUT2D eigenvalue weighted by molar-refractivity contribution is 0.184. The molecule has 0 radical (unpaired) electrons. The minimum Gasteiger partial charge on any atom is -0.486 e. The maximum atomic E-state index is 5.17. The maximum absolute atomic E-state index is 5.17. The van der Waals surface area contributed by atoms with E-state index in [2.05, 4.69) is 25.3 Å². The molecule has 0 amide bonds. The van der Waals surface area contributed by atoms with Gasteiger partial charge in [0.2, 0.25) is 0 Å².